The Bertz CT molecular complexity index is 950. The van der Waals surface area contributed by atoms with Crippen molar-refractivity contribution in [2.45, 2.75) is 40.0 Å². The number of ether oxygens (including phenoxy) is 2. The summed E-state index contributed by atoms with van der Waals surface area (Å²) in [4.78, 5) is 4.69. The van der Waals surface area contributed by atoms with Gasteiger partial charge in [0.15, 0.2) is 0 Å². The lowest BCUT2D eigenvalue weighted by atomic mass is 10.0. The first-order valence-electron chi connectivity index (χ1n) is 8.68. The van der Waals surface area contributed by atoms with Gasteiger partial charge in [-0.1, -0.05) is 13.8 Å². The molecule has 27 heavy (non-hydrogen) atoms. The van der Waals surface area contributed by atoms with Gasteiger partial charge < -0.3 is 9.47 Å². The van der Waals surface area contributed by atoms with Gasteiger partial charge in [0.25, 0.3) is 0 Å². The molecule has 0 N–H and O–H groups in total. The fraction of sp³-hybridized carbons (Fsp3) is 0.286. The smallest absolute Gasteiger partial charge is 0.457 e. The molecule has 0 saturated heterocycles. The third kappa shape index (κ3) is 4.51. The van der Waals surface area contributed by atoms with Crippen molar-refractivity contribution in [2.24, 2.45) is 0 Å². The predicted octanol–water partition coefficient (Wildman–Crippen LogP) is 6.16. The van der Waals surface area contributed by atoms with Crippen molar-refractivity contribution in [1.82, 2.24) is 4.98 Å². The maximum absolute atomic E-state index is 12.3. The monoisotopic (exact) mass is 374 g/mol. The largest absolute Gasteiger partial charge is 0.573 e. The number of pyridine rings is 1. The van der Waals surface area contributed by atoms with E-state index < -0.39 is 6.36 Å². The van der Waals surface area contributed by atoms with Crippen LogP contribution < -0.4 is 9.47 Å². The molecular formula is C21H19F3NO2. The number of halogens is 3. The fourth-order valence-corrected chi connectivity index (χ4v) is 2.86. The van der Waals surface area contributed by atoms with Crippen LogP contribution in [0, 0.1) is 13.0 Å². The third-order valence-electron chi connectivity index (χ3n) is 4.19. The quantitative estimate of drug-likeness (QED) is 0.536. The predicted molar refractivity (Wildman–Crippen MR) is 97.3 cm³/mol. The van der Waals surface area contributed by atoms with Crippen LogP contribution >= 0.6 is 0 Å². The standard InChI is InChI=1S/C21H19F3NO2/c1-4-14-11-19-15(10-13(3)18(5-2)25-19)12-20(14)26-16-6-8-17(9-7-16)27-21(22,23)24/h6-9,11-12H,4-5H2,1-3H3. The molecule has 2 aromatic carbocycles. The van der Waals surface area contributed by atoms with E-state index in [2.05, 4.69) is 22.7 Å². The minimum absolute atomic E-state index is 0.288. The van der Waals surface area contributed by atoms with Crippen molar-refractivity contribution in [3.05, 3.63) is 59.3 Å². The van der Waals surface area contributed by atoms with E-state index >= 15 is 0 Å². The highest BCUT2D eigenvalue weighted by molar-refractivity contribution is 5.82. The Labute approximate surface area is 155 Å². The Morgan fingerprint density at radius 3 is 2.26 bits per heavy atom. The Kier molecular flexibility index (Phi) is 5.26. The maximum atomic E-state index is 12.3. The molecule has 0 spiro atoms. The van der Waals surface area contributed by atoms with Gasteiger partial charge in [-0.15, -0.1) is 13.2 Å². The summed E-state index contributed by atoms with van der Waals surface area (Å²) in [6.45, 7) is 6.03. The molecule has 0 saturated carbocycles. The minimum atomic E-state index is -4.71. The van der Waals surface area contributed by atoms with Gasteiger partial charge in [0.05, 0.1) is 5.52 Å². The van der Waals surface area contributed by atoms with E-state index in [1.165, 1.54) is 24.3 Å². The van der Waals surface area contributed by atoms with Gasteiger partial charge >= 0.3 is 6.36 Å². The van der Waals surface area contributed by atoms with E-state index in [9.17, 15) is 13.2 Å². The highest BCUT2D eigenvalue weighted by atomic mass is 19.4. The van der Waals surface area contributed by atoms with Gasteiger partial charge in [0.2, 0.25) is 0 Å². The molecule has 3 rings (SSSR count). The average Bonchev–Trinajstić information content (AvgIpc) is 2.61. The lowest BCUT2D eigenvalue weighted by Gasteiger charge is -2.14. The number of nitrogens with zero attached hydrogens (tertiary/aromatic N) is 1. The molecule has 0 aliphatic rings. The summed E-state index contributed by atoms with van der Waals surface area (Å²) in [5.74, 6) is 0.772. The van der Waals surface area contributed by atoms with Crippen LogP contribution in [0.15, 0.2) is 36.4 Å². The average molecular weight is 374 g/mol. The Hall–Kier alpha value is -2.76. The van der Waals surface area contributed by atoms with E-state index in [1.54, 1.807) is 0 Å². The van der Waals surface area contributed by atoms with Gasteiger partial charge in [-0.3, -0.25) is 4.98 Å². The molecule has 1 heterocycles. The molecule has 0 aliphatic carbocycles. The Morgan fingerprint density at radius 2 is 1.67 bits per heavy atom. The molecule has 0 fully saturated rings. The number of aromatic nitrogens is 1. The summed E-state index contributed by atoms with van der Waals surface area (Å²) >= 11 is 0. The SMILES string of the molecule is CCc1cc2nc(CC)c(C)[c]c2cc1Oc1ccc(OC(F)(F)F)cc1. The summed E-state index contributed by atoms with van der Waals surface area (Å²) in [5.41, 5.74) is 3.83. The molecule has 0 bridgehead atoms. The maximum Gasteiger partial charge on any atom is 0.573 e. The van der Waals surface area contributed by atoms with Crippen LogP contribution in [0.25, 0.3) is 10.9 Å². The molecule has 1 aromatic heterocycles. The highest BCUT2D eigenvalue weighted by Gasteiger charge is 2.31. The molecule has 0 unspecified atom stereocenters. The van der Waals surface area contributed by atoms with Gasteiger partial charge in [-0.2, -0.15) is 0 Å². The van der Waals surface area contributed by atoms with Crippen molar-refractivity contribution in [1.29, 1.82) is 0 Å². The first-order chi connectivity index (χ1) is 12.8. The number of fused-ring (bicyclic) bond motifs is 1. The second-order valence-electron chi connectivity index (χ2n) is 6.11. The zero-order valence-corrected chi connectivity index (χ0v) is 15.3. The van der Waals surface area contributed by atoms with E-state index in [4.69, 9.17) is 4.74 Å². The number of rotatable bonds is 5. The van der Waals surface area contributed by atoms with Crippen LogP contribution in [0.3, 0.4) is 0 Å². The summed E-state index contributed by atoms with van der Waals surface area (Å²) < 4.78 is 46.6. The normalized spacial score (nSPS) is 11.6. The molecule has 141 valence electrons. The Balaban J connectivity index is 1.91. The van der Waals surface area contributed by atoms with Crippen LogP contribution in [-0.2, 0) is 12.8 Å². The third-order valence-corrected chi connectivity index (χ3v) is 4.19. The van der Waals surface area contributed by atoms with E-state index in [-0.39, 0.29) is 5.75 Å². The van der Waals surface area contributed by atoms with Crippen LogP contribution in [0.5, 0.6) is 17.2 Å². The van der Waals surface area contributed by atoms with Crippen LogP contribution in [0.2, 0.25) is 0 Å². The van der Waals surface area contributed by atoms with Gasteiger partial charge in [0, 0.05) is 11.1 Å². The zero-order valence-electron chi connectivity index (χ0n) is 15.3. The molecule has 0 atom stereocenters. The van der Waals surface area contributed by atoms with Gasteiger partial charge in [-0.05, 0) is 73.4 Å². The van der Waals surface area contributed by atoms with Crippen molar-refractivity contribution < 1.29 is 22.6 Å². The van der Waals surface area contributed by atoms with Crippen molar-refractivity contribution in [2.75, 3.05) is 0 Å². The second-order valence-corrected chi connectivity index (χ2v) is 6.11. The number of alkyl halides is 3. The topological polar surface area (TPSA) is 31.4 Å². The van der Waals surface area contributed by atoms with E-state index in [0.717, 1.165) is 40.6 Å². The number of hydrogen-bond acceptors (Lipinski definition) is 3. The Morgan fingerprint density at radius 1 is 1.00 bits per heavy atom. The number of hydrogen-bond donors (Lipinski definition) is 0. The van der Waals surface area contributed by atoms with Crippen LogP contribution in [0.4, 0.5) is 13.2 Å². The minimum Gasteiger partial charge on any atom is -0.457 e. The molecule has 0 aliphatic heterocycles. The fourth-order valence-electron chi connectivity index (χ4n) is 2.86. The summed E-state index contributed by atoms with van der Waals surface area (Å²) in [6.07, 6.45) is -3.14. The second kappa shape index (κ2) is 7.47. The number of aryl methyl sites for hydroxylation is 3. The van der Waals surface area contributed by atoms with Crippen LogP contribution in [0.1, 0.15) is 30.7 Å². The zero-order chi connectivity index (χ0) is 19.6. The first-order valence-corrected chi connectivity index (χ1v) is 8.68. The summed E-state index contributed by atoms with van der Waals surface area (Å²) in [6, 6.07) is 12.5. The van der Waals surface area contributed by atoms with E-state index in [0.29, 0.717) is 11.5 Å². The summed E-state index contributed by atoms with van der Waals surface area (Å²) in [5, 5.41) is 0.842. The van der Waals surface area contributed by atoms with Crippen molar-refractivity contribution in [3.8, 4) is 17.2 Å². The molecule has 6 heteroatoms. The highest BCUT2D eigenvalue weighted by Crippen LogP contribution is 2.32. The van der Waals surface area contributed by atoms with E-state index in [1.807, 2.05) is 26.0 Å². The molecule has 1 radical (unpaired) electrons. The molecular weight excluding hydrogens is 355 g/mol. The lowest BCUT2D eigenvalue weighted by molar-refractivity contribution is -0.274. The van der Waals surface area contributed by atoms with Crippen LogP contribution in [-0.4, -0.2) is 11.3 Å². The molecule has 3 nitrogen and oxygen atoms in total. The van der Waals surface area contributed by atoms with Crippen molar-refractivity contribution in [3.63, 3.8) is 0 Å². The van der Waals surface area contributed by atoms with Crippen molar-refractivity contribution >= 4 is 10.9 Å². The molecule has 0 amide bonds. The summed E-state index contributed by atoms with van der Waals surface area (Å²) in [7, 11) is 0. The van der Waals surface area contributed by atoms with Gasteiger partial charge in [-0.25, -0.2) is 0 Å². The first kappa shape index (κ1) is 19.0. The van der Waals surface area contributed by atoms with Gasteiger partial charge in [0.1, 0.15) is 17.2 Å². The number of benzene rings is 2. The molecule has 3 aromatic rings. The lowest BCUT2D eigenvalue weighted by Crippen LogP contribution is -2.16.